The molecule has 0 bridgehead atoms. The normalized spacial score (nSPS) is 13.5. The van der Waals surface area contributed by atoms with Crippen molar-refractivity contribution in [3.63, 3.8) is 0 Å². The molecule has 0 saturated carbocycles. The summed E-state index contributed by atoms with van der Waals surface area (Å²) in [5.74, 6) is -6.18. The van der Waals surface area contributed by atoms with E-state index in [1.807, 2.05) is 0 Å². The lowest BCUT2D eigenvalue weighted by molar-refractivity contribution is -0.144. The van der Waals surface area contributed by atoms with Crippen LogP contribution in [0.2, 0.25) is 0 Å². The van der Waals surface area contributed by atoms with Gasteiger partial charge in [0.15, 0.2) is 5.82 Å². The van der Waals surface area contributed by atoms with Crippen molar-refractivity contribution >= 4 is 16.9 Å². The number of amides is 1. The van der Waals surface area contributed by atoms with Gasteiger partial charge in [0.2, 0.25) is 0 Å². The van der Waals surface area contributed by atoms with Gasteiger partial charge in [-0.1, -0.05) is 11.3 Å². The Bertz CT molecular complexity index is 1300. The van der Waals surface area contributed by atoms with Gasteiger partial charge in [0.1, 0.15) is 29.0 Å². The first kappa shape index (κ1) is 23.1. The molecule has 0 saturated heterocycles. The Morgan fingerprint density at radius 3 is 2.47 bits per heavy atom. The molecule has 11 heteroatoms. The van der Waals surface area contributed by atoms with Crippen LogP contribution in [0.3, 0.4) is 0 Å². The summed E-state index contributed by atoms with van der Waals surface area (Å²) in [7, 11) is 0. The third kappa shape index (κ3) is 4.98. The lowest BCUT2D eigenvalue weighted by Gasteiger charge is -2.27. The Labute approximate surface area is 191 Å². The highest BCUT2D eigenvalue weighted by atomic mass is 19.3. The van der Waals surface area contributed by atoms with E-state index in [0.717, 1.165) is 12.1 Å². The van der Waals surface area contributed by atoms with E-state index in [1.54, 1.807) is 36.5 Å². The van der Waals surface area contributed by atoms with Gasteiger partial charge in [-0.15, -0.1) is 5.10 Å². The molecule has 2 aromatic heterocycles. The van der Waals surface area contributed by atoms with Gasteiger partial charge in [-0.05, 0) is 43.3 Å². The highest BCUT2D eigenvalue weighted by Gasteiger charge is 2.35. The second-order valence-corrected chi connectivity index (χ2v) is 7.73. The molecule has 2 atom stereocenters. The number of fused-ring (bicyclic) bond motifs is 1. The summed E-state index contributed by atoms with van der Waals surface area (Å²) in [6.45, 7) is 1.85. The monoisotopic (exact) mass is 473 g/mol. The maximum Gasteiger partial charge on any atom is 0.321 e. The number of ether oxygens (including phenoxy) is 1. The Balaban J connectivity index is 1.67. The SMILES string of the molecule is C[C@H](NC(=O)C(C)(F)F)[C@H](Oc1ccc2c(c1)nnn2-c1ccccn1)c1cc(F)cc(F)c1. The van der Waals surface area contributed by atoms with Crippen LogP contribution in [-0.2, 0) is 4.79 Å². The molecule has 0 radical (unpaired) electrons. The Kier molecular flexibility index (Phi) is 6.18. The summed E-state index contributed by atoms with van der Waals surface area (Å²) >= 11 is 0. The van der Waals surface area contributed by atoms with Crippen molar-refractivity contribution in [2.45, 2.75) is 31.9 Å². The molecular formula is C23H19F4N5O2. The molecule has 2 aromatic carbocycles. The first-order valence-electron chi connectivity index (χ1n) is 10.2. The molecule has 0 aliphatic carbocycles. The molecule has 1 N–H and O–H groups in total. The Hall–Kier alpha value is -4.02. The van der Waals surface area contributed by atoms with E-state index in [2.05, 4.69) is 20.6 Å². The average Bonchev–Trinajstić information content (AvgIpc) is 3.20. The summed E-state index contributed by atoms with van der Waals surface area (Å²) in [5, 5.41) is 10.3. The van der Waals surface area contributed by atoms with Gasteiger partial charge in [-0.25, -0.2) is 13.8 Å². The van der Waals surface area contributed by atoms with Gasteiger partial charge in [-0.3, -0.25) is 4.79 Å². The van der Waals surface area contributed by atoms with Gasteiger partial charge < -0.3 is 10.1 Å². The summed E-state index contributed by atoms with van der Waals surface area (Å²) in [6, 6.07) is 11.7. The number of rotatable bonds is 7. The predicted octanol–water partition coefficient (Wildman–Crippen LogP) is 4.37. The lowest BCUT2D eigenvalue weighted by atomic mass is 10.0. The second-order valence-electron chi connectivity index (χ2n) is 7.73. The second kappa shape index (κ2) is 9.08. The molecule has 34 heavy (non-hydrogen) atoms. The van der Waals surface area contributed by atoms with Crippen molar-refractivity contribution in [3.8, 4) is 11.6 Å². The van der Waals surface area contributed by atoms with Crippen LogP contribution in [0.5, 0.6) is 5.75 Å². The van der Waals surface area contributed by atoms with Crippen LogP contribution in [0, 0.1) is 11.6 Å². The van der Waals surface area contributed by atoms with E-state index in [1.165, 1.54) is 17.7 Å². The number of nitrogens with one attached hydrogen (secondary N) is 1. The van der Waals surface area contributed by atoms with E-state index in [9.17, 15) is 22.4 Å². The molecular weight excluding hydrogens is 454 g/mol. The van der Waals surface area contributed by atoms with Crippen LogP contribution < -0.4 is 10.1 Å². The number of aromatic nitrogens is 4. The number of pyridine rings is 1. The zero-order valence-electron chi connectivity index (χ0n) is 18.0. The minimum Gasteiger partial charge on any atom is -0.484 e. The lowest BCUT2D eigenvalue weighted by Crippen LogP contribution is -2.46. The van der Waals surface area contributed by atoms with E-state index in [0.29, 0.717) is 29.8 Å². The van der Waals surface area contributed by atoms with Crippen molar-refractivity contribution in [2.75, 3.05) is 0 Å². The fourth-order valence-corrected chi connectivity index (χ4v) is 3.38. The maximum absolute atomic E-state index is 13.9. The molecule has 2 heterocycles. The van der Waals surface area contributed by atoms with E-state index in [-0.39, 0.29) is 11.3 Å². The summed E-state index contributed by atoms with van der Waals surface area (Å²) < 4.78 is 62.0. The van der Waals surface area contributed by atoms with Crippen LogP contribution in [0.15, 0.2) is 60.8 Å². The Morgan fingerprint density at radius 2 is 1.82 bits per heavy atom. The van der Waals surface area contributed by atoms with E-state index >= 15 is 0 Å². The smallest absolute Gasteiger partial charge is 0.321 e. The van der Waals surface area contributed by atoms with Crippen LogP contribution in [0.25, 0.3) is 16.9 Å². The standard InChI is InChI=1S/C23H19F4N5O2/c1-13(29-22(33)23(2,26)27)21(14-9-15(24)11-16(25)10-14)34-17-6-7-19-18(12-17)30-31-32(19)20-5-3-4-8-28-20/h3-13,21H,1-2H3,(H,29,33)/t13-,21-/m0/s1. The number of benzene rings is 2. The molecule has 0 spiro atoms. The van der Waals surface area contributed by atoms with E-state index < -0.39 is 35.6 Å². The molecule has 0 aliphatic heterocycles. The minimum absolute atomic E-state index is 0.0157. The van der Waals surface area contributed by atoms with Crippen molar-refractivity contribution in [1.29, 1.82) is 0 Å². The molecule has 4 aromatic rings. The van der Waals surface area contributed by atoms with Gasteiger partial charge in [0, 0.05) is 30.8 Å². The Morgan fingerprint density at radius 1 is 1.09 bits per heavy atom. The molecule has 0 aliphatic rings. The van der Waals surface area contributed by atoms with E-state index in [4.69, 9.17) is 4.74 Å². The van der Waals surface area contributed by atoms with Gasteiger partial charge in [-0.2, -0.15) is 13.5 Å². The molecule has 7 nitrogen and oxygen atoms in total. The number of carbonyl (C=O) groups is 1. The zero-order chi connectivity index (χ0) is 24.5. The van der Waals surface area contributed by atoms with Crippen molar-refractivity contribution < 1.29 is 27.1 Å². The van der Waals surface area contributed by atoms with Crippen LogP contribution in [0.1, 0.15) is 25.5 Å². The van der Waals surface area contributed by atoms with Crippen LogP contribution >= 0.6 is 0 Å². The number of hydrogen-bond donors (Lipinski definition) is 1. The third-order valence-corrected chi connectivity index (χ3v) is 4.97. The number of nitrogens with zero attached hydrogens (tertiary/aromatic N) is 4. The number of alkyl halides is 2. The third-order valence-electron chi connectivity index (χ3n) is 4.97. The first-order chi connectivity index (χ1) is 16.1. The molecule has 4 rings (SSSR count). The highest BCUT2D eigenvalue weighted by Crippen LogP contribution is 2.29. The van der Waals surface area contributed by atoms with Gasteiger partial charge >= 0.3 is 5.92 Å². The van der Waals surface area contributed by atoms with Crippen LogP contribution in [0.4, 0.5) is 17.6 Å². The van der Waals surface area contributed by atoms with Crippen LogP contribution in [-0.4, -0.2) is 37.8 Å². The topological polar surface area (TPSA) is 81.9 Å². The number of hydrogen-bond acceptors (Lipinski definition) is 5. The molecule has 176 valence electrons. The van der Waals surface area contributed by atoms with Crippen molar-refractivity contribution in [1.82, 2.24) is 25.3 Å². The number of halogens is 4. The minimum atomic E-state index is -3.64. The van der Waals surface area contributed by atoms with Crippen molar-refractivity contribution in [3.05, 3.63) is 78.0 Å². The fourth-order valence-electron chi connectivity index (χ4n) is 3.38. The largest absolute Gasteiger partial charge is 0.484 e. The fraction of sp³-hybridized carbons (Fsp3) is 0.217. The zero-order valence-corrected chi connectivity index (χ0v) is 18.0. The van der Waals surface area contributed by atoms with Gasteiger partial charge in [0.25, 0.3) is 5.91 Å². The number of carbonyl (C=O) groups excluding carboxylic acids is 1. The summed E-state index contributed by atoms with van der Waals surface area (Å²) in [4.78, 5) is 16.0. The highest BCUT2D eigenvalue weighted by molar-refractivity contribution is 5.83. The molecule has 1 amide bonds. The molecule has 0 unspecified atom stereocenters. The summed E-state index contributed by atoms with van der Waals surface area (Å²) in [5.41, 5.74) is 1.07. The van der Waals surface area contributed by atoms with Crippen molar-refractivity contribution in [2.24, 2.45) is 0 Å². The average molecular weight is 473 g/mol. The first-order valence-corrected chi connectivity index (χ1v) is 10.2. The maximum atomic E-state index is 13.9. The quantitative estimate of drug-likeness (QED) is 0.403. The summed E-state index contributed by atoms with van der Waals surface area (Å²) in [6.07, 6.45) is 0.415. The van der Waals surface area contributed by atoms with Gasteiger partial charge in [0.05, 0.1) is 11.6 Å². The predicted molar refractivity (Wildman–Crippen MR) is 115 cm³/mol. The molecule has 0 fully saturated rings.